The van der Waals surface area contributed by atoms with Gasteiger partial charge in [-0.05, 0) is 43.9 Å². The minimum absolute atomic E-state index is 0.558. The van der Waals surface area contributed by atoms with E-state index in [1.807, 2.05) is 24.5 Å². The van der Waals surface area contributed by atoms with Gasteiger partial charge in [0.25, 0.3) is 0 Å². The predicted octanol–water partition coefficient (Wildman–Crippen LogP) is 2.64. The molecule has 1 fully saturated rings. The average Bonchev–Trinajstić information content (AvgIpc) is 3.36. The van der Waals surface area contributed by atoms with Crippen LogP contribution in [0.1, 0.15) is 30.7 Å². The zero-order valence-electron chi connectivity index (χ0n) is 14.4. The molecule has 0 amide bonds. The summed E-state index contributed by atoms with van der Waals surface area (Å²) in [6.45, 7) is 1.48. The van der Waals surface area contributed by atoms with Gasteiger partial charge in [0.2, 0.25) is 5.95 Å². The number of pyridine rings is 1. The normalized spacial score (nSPS) is 13.6. The highest BCUT2D eigenvalue weighted by atomic mass is 15.1. The van der Waals surface area contributed by atoms with Gasteiger partial charge >= 0.3 is 0 Å². The van der Waals surface area contributed by atoms with Crippen molar-refractivity contribution in [3.63, 3.8) is 0 Å². The molecule has 3 aromatic rings. The van der Waals surface area contributed by atoms with E-state index < -0.39 is 0 Å². The fourth-order valence-electron chi connectivity index (χ4n) is 2.75. The van der Waals surface area contributed by atoms with Gasteiger partial charge in [0.1, 0.15) is 5.82 Å². The van der Waals surface area contributed by atoms with Crippen molar-refractivity contribution in [3.8, 4) is 11.3 Å². The van der Waals surface area contributed by atoms with Gasteiger partial charge < -0.3 is 16.4 Å². The first-order valence-corrected chi connectivity index (χ1v) is 8.86. The van der Waals surface area contributed by atoms with Gasteiger partial charge in [-0.1, -0.05) is 0 Å². The number of H-pyrrole nitrogens is 1. The van der Waals surface area contributed by atoms with E-state index in [1.165, 1.54) is 18.4 Å². The zero-order valence-corrected chi connectivity index (χ0v) is 14.4. The second kappa shape index (κ2) is 7.49. The Balaban J connectivity index is 1.49. The molecular weight excluding hydrogens is 328 g/mol. The van der Waals surface area contributed by atoms with Crippen LogP contribution in [0.3, 0.4) is 0 Å². The lowest BCUT2D eigenvalue weighted by Gasteiger charge is -2.12. The second-order valence-electron chi connectivity index (χ2n) is 6.38. The number of aromatic nitrogens is 5. The van der Waals surface area contributed by atoms with Crippen LogP contribution in [0, 0.1) is 0 Å². The summed E-state index contributed by atoms with van der Waals surface area (Å²) in [5.41, 5.74) is 9.43. The van der Waals surface area contributed by atoms with Gasteiger partial charge in [-0.3, -0.25) is 10.1 Å². The Hall–Kier alpha value is -3.00. The molecule has 0 unspecified atom stereocenters. The molecule has 8 nitrogen and oxygen atoms in total. The molecule has 134 valence electrons. The van der Waals surface area contributed by atoms with Crippen molar-refractivity contribution in [2.24, 2.45) is 5.73 Å². The maximum Gasteiger partial charge on any atom is 0.229 e. The molecule has 5 N–H and O–H groups in total. The van der Waals surface area contributed by atoms with Crippen molar-refractivity contribution in [1.29, 1.82) is 0 Å². The van der Waals surface area contributed by atoms with Crippen molar-refractivity contribution in [2.75, 3.05) is 23.7 Å². The molecule has 3 aromatic heterocycles. The summed E-state index contributed by atoms with van der Waals surface area (Å²) in [5.74, 6) is 2.05. The highest BCUT2D eigenvalue weighted by Gasteiger charge is 2.27. The monoisotopic (exact) mass is 350 g/mol. The predicted molar refractivity (Wildman–Crippen MR) is 101 cm³/mol. The summed E-state index contributed by atoms with van der Waals surface area (Å²) < 4.78 is 0. The molecule has 8 heteroatoms. The summed E-state index contributed by atoms with van der Waals surface area (Å²) in [4.78, 5) is 13.6. The molecule has 3 heterocycles. The van der Waals surface area contributed by atoms with E-state index in [0.717, 1.165) is 35.7 Å². The fourth-order valence-corrected chi connectivity index (χ4v) is 2.75. The molecule has 4 rings (SSSR count). The second-order valence-corrected chi connectivity index (χ2v) is 6.38. The number of aromatic amines is 1. The van der Waals surface area contributed by atoms with Crippen LogP contribution in [-0.4, -0.2) is 38.2 Å². The topological polar surface area (TPSA) is 117 Å². The molecule has 1 aliphatic rings. The van der Waals surface area contributed by atoms with Crippen molar-refractivity contribution >= 4 is 17.5 Å². The SMILES string of the molecule is NCCCNc1nc(Nc2ccc(-c3cn[nH]c3)nc2)ncc1C1CC1. The van der Waals surface area contributed by atoms with Crippen molar-refractivity contribution in [3.05, 3.63) is 42.5 Å². The van der Waals surface area contributed by atoms with Crippen LogP contribution in [0.2, 0.25) is 0 Å². The molecule has 0 aliphatic heterocycles. The van der Waals surface area contributed by atoms with E-state index in [1.54, 1.807) is 12.4 Å². The van der Waals surface area contributed by atoms with E-state index in [2.05, 4.69) is 35.8 Å². The highest BCUT2D eigenvalue weighted by molar-refractivity contribution is 5.62. The summed E-state index contributed by atoms with van der Waals surface area (Å²) in [5, 5.41) is 13.3. The van der Waals surface area contributed by atoms with E-state index in [0.29, 0.717) is 18.4 Å². The minimum Gasteiger partial charge on any atom is -0.370 e. The van der Waals surface area contributed by atoms with Gasteiger partial charge in [0.05, 0.1) is 23.8 Å². The number of nitrogens with zero attached hydrogens (tertiary/aromatic N) is 4. The molecule has 0 aromatic carbocycles. The Labute approximate surface area is 151 Å². The smallest absolute Gasteiger partial charge is 0.229 e. The van der Waals surface area contributed by atoms with Gasteiger partial charge in [-0.2, -0.15) is 10.1 Å². The standard InChI is InChI=1S/C18H22N8/c19-6-1-7-20-17-15(12-2-3-12)11-22-18(26-17)25-14-4-5-16(21-10-14)13-8-23-24-9-13/h4-5,8-12H,1-3,6-7,19H2,(H,23,24)(H2,20,22,25,26). The Morgan fingerprint density at radius 1 is 1.15 bits per heavy atom. The molecule has 0 saturated heterocycles. The molecule has 0 bridgehead atoms. The van der Waals surface area contributed by atoms with Crippen molar-refractivity contribution in [1.82, 2.24) is 25.1 Å². The Bertz CT molecular complexity index is 840. The average molecular weight is 350 g/mol. The molecule has 26 heavy (non-hydrogen) atoms. The van der Waals surface area contributed by atoms with Gasteiger partial charge in [-0.15, -0.1) is 0 Å². The van der Waals surface area contributed by atoms with Gasteiger partial charge in [0, 0.05) is 30.1 Å². The number of nitrogens with one attached hydrogen (secondary N) is 3. The molecule has 1 aliphatic carbocycles. The van der Waals surface area contributed by atoms with Crippen LogP contribution >= 0.6 is 0 Å². The number of hydrogen-bond donors (Lipinski definition) is 4. The van der Waals surface area contributed by atoms with E-state index in [-0.39, 0.29) is 0 Å². The van der Waals surface area contributed by atoms with Gasteiger partial charge in [-0.25, -0.2) is 4.98 Å². The van der Waals surface area contributed by atoms with Crippen molar-refractivity contribution in [2.45, 2.75) is 25.2 Å². The first-order valence-electron chi connectivity index (χ1n) is 8.86. The third kappa shape index (κ3) is 3.80. The van der Waals surface area contributed by atoms with E-state index in [4.69, 9.17) is 5.73 Å². The lowest BCUT2D eigenvalue weighted by atomic mass is 10.2. The van der Waals surface area contributed by atoms with E-state index in [9.17, 15) is 0 Å². The highest BCUT2D eigenvalue weighted by Crippen LogP contribution is 2.42. The number of rotatable bonds is 8. The summed E-state index contributed by atoms with van der Waals surface area (Å²) in [6.07, 6.45) is 10.6. The van der Waals surface area contributed by atoms with Crippen LogP contribution < -0.4 is 16.4 Å². The van der Waals surface area contributed by atoms with Crippen LogP contribution in [-0.2, 0) is 0 Å². The molecule has 1 saturated carbocycles. The number of nitrogens with two attached hydrogens (primary N) is 1. The number of anilines is 3. The van der Waals surface area contributed by atoms with Crippen LogP contribution in [0.4, 0.5) is 17.5 Å². The summed E-state index contributed by atoms with van der Waals surface area (Å²) in [7, 11) is 0. The lowest BCUT2D eigenvalue weighted by molar-refractivity contribution is 0.865. The summed E-state index contributed by atoms with van der Waals surface area (Å²) in [6, 6.07) is 3.89. The third-order valence-electron chi connectivity index (χ3n) is 4.32. The molecule has 0 radical (unpaired) electrons. The first-order chi connectivity index (χ1) is 12.8. The minimum atomic E-state index is 0.558. The first kappa shape index (κ1) is 16.5. The fraction of sp³-hybridized carbons (Fsp3) is 0.333. The van der Waals surface area contributed by atoms with Crippen LogP contribution in [0.25, 0.3) is 11.3 Å². The lowest BCUT2D eigenvalue weighted by Crippen LogP contribution is -2.12. The largest absolute Gasteiger partial charge is 0.370 e. The zero-order chi connectivity index (χ0) is 17.8. The molecule has 0 atom stereocenters. The quantitative estimate of drug-likeness (QED) is 0.461. The maximum atomic E-state index is 5.58. The Morgan fingerprint density at radius 3 is 2.77 bits per heavy atom. The molecule has 0 spiro atoms. The maximum absolute atomic E-state index is 5.58. The molecular formula is C18H22N8. The van der Waals surface area contributed by atoms with Crippen molar-refractivity contribution < 1.29 is 0 Å². The number of hydrogen-bond acceptors (Lipinski definition) is 7. The van der Waals surface area contributed by atoms with Crippen LogP contribution in [0.5, 0.6) is 0 Å². The van der Waals surface area contributed by atoms with Gasteiger partial charge in [0.15, 0.2) is 0 Å². The third-order valence-corrected chi connectivity index (χ3v) is 4.32. The van der Waals surface area contributed by atoms with E-state index >= 15 is 0 Å². The van der Waals surface area contributed by atoms with Crippen LogP contribution in [0.15, 0.2) is 36.9 Å². The Kier molecular flexibility index (Phi) is 4.74. The Morgan fingerprint density at radius 2 is 2.08 bits per heavy atom. The summed E-state index contributed by atoms with van der Waals surface area (Å²) >= 11 is 0.